The summed E-state index contributed by atoms with van der Waals surface area (Å²) >= 11 is 0. The molecule has 1 atom stereocenters. The molecule has 0 saturated heterocycles. The van der Waals surface area contributed by atoms with Crippen molar-refractivity contribution in [3.8, 4) is 11.4 Å². The van der Waals surface area contributed by atoms with Crippen molar-refractivity contribution in [2.45, 2.75) is 38.6 Å². The van der Waals surface area contributed by atoms with Crippen molar-refractivity contribution in [2.75, 3.05) is 11.9 Å². The van der Waals surface area contributed by atoms with Gasteiger partial charge in [-0.2, -0.15) is 4.98 Å². The molecule has 2 N–H and O–H groups in total. The van der Waals surface area contributed by atoms with Gasteiger partial charge >= 0.3 is 0 Å². The topological polar surface area (TPSA) is 62.7 Å². The largest absolute Gasteiger partial charge is 0.324 e. The van der Waals surface area contributed by atoms with Crippen molar-refractivity contribution in [2.24, 2.45) is 0 Å². The molecule has 2 aromatic carbocycles. The van der Waals surface area contributed by atoms with Crippen LogP contribution in [0.5, 0.6) is 0 Å². The molecular weight excluding hydrogens is 334 g/mol. The molecule has 27 heavy (non-hydrogen) atoms. The molecule has 0 amide bonds. The van der Waals surface area contributed by atoms with Gasteiger partial charge in [0, 0.05) is 17.3 Å². The lowest BCUT2D eigenvalue weighted by Crippen LogP contribution is -2.27. The third-order valence-corrected chi connectivity index (χ3v) is 5.00. The van der Waals surface area contributed by atoms with Gasteiger partial charge in [0.15, 0.2) is 5.82 Å². The van der Waals surface area contributed by atoms with E-state index in [9.17, 15) is 0 Å². The average molecular weight is 359 g/mol. The zero-order chi connectivity index (χ0) is 18.5. The highest BCUT2D eigenvalue weighted by atomic mass is 15.1. The summed E-state index contributed by atoms with van der Waals surface area (Å²) in [6, 6.07) is 17.4. The molecule has 1 unspecified atom stereocenters. The van der Waals surface area contributed by atoms with Crippen LogP contribution in [-0.4, -0.2) is 27.5 Å². The third-order valence-electron chi connectivity index (χ3n) is 5.00. The Morgan fingerprint density at radius 2 is 1.93 bits per heavy atom. The van der Waals surface area contributed by atoms with E-state index < -0.39 is 0 Å². The molecule has 2 heterocycles. The van der Waals surface area contributed by atoms with Gasteiger partial charge in [-0.3, -0.25) is 0 Å². The van der Waals surface area contributed by atoms with Gasteiger partial charge in [0.2, 0.25) is 5.95 Å². The summed E-state index contributed by atoms with van der Waals surface area (Å²) < 4.78 is 0. The number of nitrogens with one attached hydrogen (secondary N) is 2. The molecule has 5 heteroatoms. The number of benzene rings is 2. The molecule has 0 saturated carbocycles. The van der Waals surface area contributed by atoms with Gasteiger partial charge in [0.25, 0.3) is 0 Å². The molecule has 1 aromatic heterocycles. The van der Waals surface area contributed by atoms with E-state index in [2.05, 4.69) is 75.0 Å². The Kier molecular flexibility index (Phi) is 5.39. The van der Waals surface area contributed by atoms with Crippen LogP contribution in [-0.2, 0) is 12.8 Å². The summed E-state index contributed by atoms with van der Waals surface area (Å²) in [5, 5.41) is 7.04. The van der Waals surface area contributed by atoms with Gasteiger partial charge in [-0.25, -0.2) is 9.97 Å². The fourth-order valence-corrected chi connectivity index (χ4v) is 3.46. The molecule has 138 valence electrons. The first-order valence-corrected chi connectivity index (χ1v) is 9.64. The van der Waals surface area contributed by atoms with Gasteiger partial charge in [-0.15, -0.1) is 0 Å². The van der Waals surface area contributed by atoms with Crippen LogP contribution in [0.4, 0.5) is 11.6 Å². The number of hydrogen-bond donors (Lipinski definition) is 2. The summed E-state index contributed by atoms with van der Waals surface area (Å²) in [7, 11) is 0. The molecule has 0 fully saturated rings. The number of hydrogen-bond acceptors (Lipinski definition) is 5. The Morgan fingerprint density at radius 3 is 2.89 bits per heavy atom. The zero-order valence-corrected chi connectivity index (χ0v) is 15.7. The number of rotatable bonds is 0. The maximum Gasteiger partial charge on any atom is 0.230 e. The van der Waals surface area contributed by atoms with Gasteiger partial charge in [0.1, 0.15) is 6.33 Å². The minimum atomic E-state index is 0.487. The fourth-order valence-electron chi connectivity index (χ4n) is 3.46. The lowest BCUT2D eigenvalue weighted by Gasteiger charge is -2.16. The molecule has 4 rings (SSSR count). The van der Waals surface area contributed by atoms with Crippen LogP contribution in [0.1, 0.15) is 30.9 Å². The molecule has 1 aliphatic heterocycles. The second-order valence-corrected chi connectivity index (χ2v) is 7.11. The Hall–Kier alpha value is -2.79. The van der Waals surface area contributed by atoms with Crippen LogP contribution in [0.15, 0.2) is 54.9 Å². The first kappa shape index (κ1) is 17.6. The van der Waals surface area contributed by atoms with Gasteiger partial charge in [-0.1, -0.05) is 36.4 Å². The first-order valence-electron chi connectivity index (χ1n) is 9.64. The highest BCUT2D eigenvalue weighted by Crippen LogP contribution is 2.23. The summed E-state index contributed by atoms with van der Waals surface area (Å²) in [4.78, 5) is 13.3. The minimum Gasteiger partial charge on any atom is -0.324 e. The number of aromatic nitrogens is 3. The van der Waals surface area contributed by atoms with Gasteiger partial charge in [-0.05, 0) is 62.4 Å². The van der Waals surface area contributed by atoms with Crippen molar-refractivity contribution >= 4 is 11.6 Å². The average Bonchev–Trinajstić information content (AvgIpc) is 2.70. The molecule has 3 aromatic rings. The summed E-state index contributed by atoms with van der Waals surface area (Å²) in [5.41, 5.74) is 4.68. The van der Waals surface area contributed by atoms with E-state index in [4.69, 9.17) is 0 Å². The molecule has 0 aliphatic carbocycles. The van der Waals surface area contributed by atoms with E-state index in [1.807, 2.05) is 6.07 Å². The standard InChI is InChI=1S/C22H25N5/c1-16-11-12-18-8-2-3-10-20(18)26-22-25-15-24-21(27-22)19-9-4-6-17(14-19)7-5-13-23-16/h2-4,6,8-10,14-16,23H,5,7,11-13H2,1H3,(H,24,25,26,27). The molecule has 5 nitrogen and oxygen atoms in total. The van der Waals surface area contributed by atoms with Crippen LogP contribution in [0.25, 0.3) is 11.4 Å². The lowest BCUT2D eigenvalue weighted by atomic mass is 10.0. The van der Waals surface area contributed by atoms with Crippen LogP contribution >= 0.6 is 0 Å². The van der Waals surface area contributed by atoms with Gasteiger partial charge in [0.05, 0.1) is 0 Å². The smallest absolute Gasteiger partial charge is 0.230 e. The van der Waals surface area contributed by atoms with E-state index >= 15 is 0 Å². The summed E-state index contributed by atoms with van der Waals surface area (Å²) in [6.07, 6.45) is 5.85. The molecule has 1 aliphatic rings. The molecular formula is C22H25N5. The maximum absolute atomic E-state index is 4.64. The van der Waals surface area contributed by atoms with E-state index in [1.165, 1.54) is 11.1 Å². The summed E-state index contributed by atoms with van der Waals surface area (Å²) in [5.74, 6) is 1.28. The van der Waals surface area contributed by atoms with Crippen molar-refractivity contribution in [3.05, 3.63) is 66.0 Å². The Labute approximate surface area is 160 Å². The predicted octanol–water partition coefficient (Wildman–Crippen LogP) is 4.14. The second kappa shape index (κ2) is 8.27. The van der Waals surface area contributed by atoms with Crippen LogP contribution < -0.4 is 10.6 Å². The van der Waals surface area contributed by atoms with Crippen molar-refractivity contribution in [1.82, 2.24) is 20.3 Å². The lowest BCUT2D eigenvalue weighted by molar-refractivity contribution is 0.507. The first-order chi connectivity index (χ1) is 13.3. The van der Waals surface area contributed by atoms with Crippen molar-refractivity contribution < 1.29 is 0 Å². The highest BCUT2D eigenvalue weighted by molar-refractivity contribution is 5.61. The second-order valence-electron chi connectivity index (χ2n) is 7.11. The Balaban J connectivity index is 1.70. The predicted molar refractivity (Wildman–Crippen MR) is 109 cm³/mol. The van der Waals surface area contributed by atoms with Crippen molar-refractivity contribution in [1.29, 1.82) is 0 Å². The fraction of sp³-hybridized carbons (Fsp3) is 0.318. The number of anilines is 2. The monoisotopic (exact) mass is 359 g/mol. The number of para-hydroxylation sites is 1. The molecule has 0 spiro atoms. The van der Waals surface area contributed by atoms with Crippen molar-refractivity contribution in [3.63, 3.8) is 0 Å². The maximum atomic E-state index is 4.64. The molecule has 0 radical (unpaired) electrons. The number of aryl methyl sites for hydroxylation is 2. The van der Waals surface area contributed by atoms with E-state index in [-0.39, 0.29) is 0 Å². The SMILES string of the molecule is CC1CCc2ccccc2Nc2ncnc(n2)-c2cccc(c2)CCCN1. The normalized spacial score (nSPS) is 17.6. The van der Waals surface area contributed by atoms with Gasteiger partial charge < -0.3 is 10.6 Å². The van der Waals surface area contributed by atoms with E-state index in [0.29, 0.717) is 17.8 Å². The highest BCUT2D eigenvalue weighted by Gasteiger charge is 2.10. The Bertz CT molecular complexity index is 908. The number of fused-ring (bicyclic) bond motifs is 6. The third kappa shape index (κ3) is 4.49. The van der Waals surface area contributed by atoms with E-state index in [1.54, 1.807) is 6.33 Å². The minimum absolute atomic E-state index is 0.487. The zero-order valence-electron chi connectivity index (χ0n) is 15.7. The molecule has 4 bridgehead atoms. The summed E-state index contributed by atoms with van der Waals surface area (Å²) in [6.45, 7) is 3.29. The van der Waals surface area contributed by atoms with E-state index in [0.717, 1.165) is 43.5 Å². The van der Waals surface area contributed by atoms with Crippen LogP contribution in [0, 0.1) is 0 Å². The van der Waals surface area contributed by atoms with Crippen LogP contribution in [0.3, 0.4) is 0 Å². The van der Waals surface area contributed by atoms with Crippen LogP contribution in [0.2, 0.25) is 0 Å². The Morgan fingerprint density at radius 1 is 1.00 bits per heavy atom. The quantitative estimate of drug-likeness (QED) is 0.632. The number of nitrogens with zero attached hydrogens (tertiary/aromatic N) is 3.